The van der Waals surface area contributed by atoms with Crippen molar-refractivity contribution in [2.45, 2.75) is 11.3 Å². The van der Waals surface area contributed by atoms with Crippen LogP contribution in [0.4, 0.5) is 0 Å². The summed E-state index contributed by atoms with van der Waals surface area (Å²) in [4.78, 5) is 15.5. The minimum absolute atomic E-state index is 0.00997. The number of sulfonamides is 1. The smallest absolute Gasteiger partial charge is 0.246 e. The van der Waals surface area contributed by atoms with Gasteiger partial charge in [0.05, 0.1) is 20.8 Å². The number of hydrogen-bond acceptors (Lipinski definition) is 6. The van der Waals surface area contributed by atoms with Crippen molar-refractivity contribution in [2.24, 2.45) is 0 Å². The molecule has 0 aromatic heterocycles. The molecule has 1 amide bonds. The van der Waals surface area contributed by atoms with Gasteiger partial charge in [0, 0.05) is 39.8 Å². The van der Waals surface area contributed by atoms with Crippen LogP contribution in [0, 0.1) is 0 Å². The Hall–Kier alpha value is -1.84. The molecular weight excluding hydrogens is 358 g/mol. The molecule has 1 fully saturated rings. The van der Waals surface area contributed by atoms with E-state index in [9.17, 15) is 13.2 Å². The second-order valence-corrected chi connectivity index (χ2v) is 8.25. The monoisotopic (exact) mass is 385 g/mol. The van der Waals surface area contributed by atoms with Crippen LogP contribution in [-0.2, 0) is 14.8 Å². The van der Waals surface area contributed by atoms with Crippen molar-refractivity contribution in [3.63, 3.8) is 0 Å². The van der Waals surface area contributed by atoms with Gasteiger partial charge in [0.1, 0.15) is 16.4 Å². The minimum atomic E-state index is -3.72. The van der Waals surface area contributed by atoms with Crippen LogP contribution in [0.15, 0.2) is 23.1 Å². The van der Waals surface area contributed by atoms with Crippen LogP contribution in [0.2, 0.25) is 0 Å². The van der Waals surface area contributed by atoms with Crippen LogP contribution in [0.5, 0.6) is 11.5 Å². The summed E-state index contributed by atoms with van der Waals surface area (Å²) < 4.78 is 38.1. The molecule has 1 aliphatic heterocycles. The molecule has 146 valence electrons. The lowest BCUT2D eigenvalue weighted by molar-refractivity contribution is -0.129. The Morgan fingerprint density at radius 2 is 1.85 bits per heavy atom. The van der Waals surface area contributed by atoms with Crippen molar-refractivity contribution in [2.75, 3.05) is 61.0 Å². The fourth-order valence-electron chi connectivity index (χ4n) is 2.80. The fraction of sp³-hybridized carbons (Fsp3) is 0.588. The zero-order chi connectivity index (χ0) is 19.3. The zero-order valence-electron chi connectivity index (χ0n) is 15.8. The highest BCUT2D eigenvalue weighted by Crippen LogP contribution is 2.31. The van der Waals surface area contributed by atoms with Gasteiger partial charge in [-0.2, -0.15) is 4.31 Å². The van der Waals surface area contributed by atoms with Crippen molar-refractivity contribution >= 4 is 15.9 Å². The molecule has 0 atom stereocenters. The summed E-state index contributed by atoms with van der Waals surface area (Å²) in [7, 11) is 2.64. The quantitative estimate of drug-likeness (QED) is 0.709. The lowest BCUT2D eigenvalue weighted by Crippen LogP contribution is -2.39. The van der Waals surface area contributed by atoms with Crippen LogP contribution in [-0.4, -0.2) is 89.5 Å². The average Bonchev–Trinajstić information content (AvgIpc) is 2.87. The third-order valence-corrected chi connectivity index (χ3v) is 6.31. The fourth-order valence-corrected chi connectivity index (χ4v) is 4.44. The number of carbonyl (C=O) groups is 1. The highest BCUT2D eigenvalue weighted by molar-refractivity contribution is 7.89. The standard InChI is InChI=1S/C17H27N3O5S/c1-18(2)17(21)13-19-8-5-9-20(11-10-19)26(22,23)16-12-14(24-3)6-7-15(16)25-4/h6-7,12H,5,8-11,13H2,1-4H3. The second-order valence-electron chi connectivity index (χ2n) is 6.34. The maximum Gasteiger partial charge on any atom is 0.246 e. The van der Waals surface area contributed by atoms with E-state index in [0.29, 0.717) is 44.9 Å². The third kappa shape index (κ3) is 4.66. The van der Waals surface area contributed by atoms with Gasteiger partial charge in [0.25, 0.3) is 0 Å². The number of carbonyl (C=O) groups excluding carboxylic acids is 1. The van der Waals surface area contributed by atoms with Gasteiger partial charge in [-0.25, -0.2) is 8.42 Å². The molecule has 0 spiro atoms. The van der Waals surface area contributed by atoms with E-state index < -0.39 is 10.0 Å². The van der Waals surface area contributed by atoms with E-state index in [0.717, 1.165) is 0 Å². The van der Waals surface area contributed by atoms with Gasteiger partial charge in [0.2, 0.25) is 15.9 Å². The van der Waals surface area contributed by atoms with Crippen molar-refractivity contribution in [3.8, 4) is 11.5 Å². The van der Waals surface area contributed by atoms with E-state index >= 15 is 0 Å². The Morgan fingerprint density at radius 1 is 1.12 bits per heavy atom. The molecule has 2 rings (SSSR count). The van der Waals surface area contributed by atoms with E-state index in [4.69, 9.17) is 9.47 Å². The average molecular weight is 385 g/mol. The van der Waals surface area contributed by atoms with Crippen LogP contribution in [0.3, 0.4) is 0 Å². The first kappa shape index (κ1) is 20.5. The number of likely N-dealkylation sites (N-methyl/N-ethyl adjacent to an activating group) is 1. The van der Waals surface area contributed by atoms with E-state index in [1.54, 1.807) is 31.1 Å². The van der Waals surface area contributed by atoms with E-state index in [-0.39, 0.29) is 16.6 Å². The molecule has 0 saturated carbocycles. The van der Waals surface area contributed by atoms with Crippen LogP contribution >= 0.6 is 0 Å². The minimum Gasteiger partial charge on any atom is -0.497 e. The number of methoxy groups -OCH3 is 2. The summed E-state index contributed by atoms with van der Waals surface area (Å²) in [6.07, 6.45) is 0.659. The highest BCUT2D eigenvalue weighted by Gasteiger charge is 2.30. The molecule has 1 aliphatic rings. The number of rotatable bonds is 6. The zero-order valence-corrected chi connectivity index (χ0v) is 16.6. The second kappa shape index (κ2) is 8.70. The molecule has 1 saturated heterocycles. The summed E-state index contributed by atoms with van der Waals surface area (Å²) in [5.41, 5.74) is 0. The molecule has 1 aromatic rings. The Morgan fingerprint density at radius 3 is 2.46 bits per heavy atom. The molecular formula is C17H27N3O5S. The van der Waals surface area contributed by atoms with Crippen molar-refractivity contribution < 1.29 is 22.7 Å². The van der Waals surface area contributed by atoms with Gasteiger partial charge in [-0.05, 0) is 25.1 Å². The molecule has 1 aromatic carbocycles. The van der Waals surface area contributed by atoms with Gasteiger partial charge < -0.3 is 14.4 Å². The predicted octanol–water partition coefficient (Wildman–Crippen LogP) is 0.488. The summed E-state index contributed by atoms with van der Waals surface area (Å²) in [6, 6.07) is 4.73. The SMILES string of the molecule is COc1ccc(OC)c(S(=O)(=O)N2CCCN(CC(=O)N(C)C)CC2)c1. The molecule has 0 aliphatic carbocycles. The number of amides is 1. The summed E-state index contributed by atoms with van der Waals surface area (Å²) >= 11 is 0. The molecule has 0 N–H and O–H groups in total. The molecule has 1 heterocycles. The van der Waals surface area contributed by atoms with Crippen LogP contribution in [0.25, 0.3) is 0 Å². The summed E-state index contributed by atoms with van der Waals surface area (Å²) in [5, 5.41) is 0. The Bertz CT molecular complexity index is 736. The number of hydrogen-bond donors (Lipinski definition) is 0. The molecule has 0 unspecified atom stereocenters. The molecule has 9 heteroatoms. The van der Waals surface area contributed by atoms with E-state index in [1.807, 2.05) is 4.90 Å². The number of nitrogens with zero attached hydrogens (tertiary/aromatic N) is 3. The molecule has 0 bridgehead atoms. The van der Waals surface area contributed by atoms with E-state index in [2.05, 4.69) is 0 Å². The first-order chi connectivity index (χ1) is 12.3. The van der Waals surface area contributed by atoms with Gasteiger partial charge in [-0.15, -0.1) is 0 Å². The topological polar surface area (TPSA) is 79.4 Å². The van der Waals surface area contributed by atoms with Crippen LogP contribution in [0.1, 0.15) is 6.42 Å². The summed E-state index contributed by atoms with van der Waals surface area (Å²) in [6.45, 7) is 2.20. The highest BCUT2D eigenvalue weighted by atomic mass is 32.2. The first-order valence-corrected chi connectivity index (χ1v) is 9.88. The summed E-state index contributed by atoms with van der Waals surface area (Å²) in [5.74, 6) is 0.753. The van der Waals surface area contributed by atoms with Crippen molar-refractivity contribution in [1.29, 1.82) is 0 Å². The molecule has 8 nitrogen and oxygen atoms in total. The van der Waals surface area contributed by atoms with Crippen molar-refractivity contribution in [1.82, 2.24) is 14.1 Å². The number of ether oxygens (including phenoxy) is 2. The largest absolute Gasteiger partial charge is 0.497 e. The lowest BCUT2D eigenvalue weighted by atomic mass is 10.3. The van der Waals surface area contributed by atoms with Crippen LogP contribution < -0.4 is 9.47 Å². The maximum absolute atomic E-state index is 13.1. The first-order valence-electron chi connectivity index (χ1n) is 8.44. The van der Waals surface area contributed by atoms with Gasteiger partial charge >= 0.3 is 0 Å². The van der Waals surface area contributed by atoms with E-state index in [1.165, 1.54) is 24.6 Å². The Kier molecular flexibility index (Phi) is 6.85. The predicted molar refractivity (Wildman–Crippen MR) is 98.1 cm³/mol. The number of benzene rings is 1. The Labute approximate surface area is 155 Å². The van der Waals surface area contributed by atoms with Gasteiger partial charge in [-0.3, -0.25) is 9.69 Å². The Balaban J connectivity index is 2.19. The van der Waals surface area contributed by atoms with Gasteiger partial charge in [-0.1, -0.05) is 0 Å². The third-order valence-electron chi connectivity index (χ3n) is 4.39. The lowest BCUT2D eigenvalue weighted by Gasteiger charge is -2.23. The maximum atomic E-state index is 13.1. The molecule has 0 radical (unpaired) electrons. The normalized spacial score (nSPS) is 16.8. The van der Waals surface area contributed by atoms with Gasteiger partial charge in [0.15, 0.2) is 0 Å². The molecule has 26 heavy (non-hydrogen) atoms. The van der Waals surface area contributed by atoms with Crippen molar-refractivity contribution in [3.05, 3.63) is 18.2 Å².